The fourth-order valence-electron chi connectivity index (χ4n) is 1.42. The van der Waals surface area contributed by atoms with Crippen molar-refractivity contribution >= 4 is 22.4 Å². The quantitative estimate of drug-likeness (QED) is 0.741. The molecule has 0 saturated heterocycles. The van der Waals surface area contributed by atoms with Gasteiger partial charge < -0.3 is 5.32 Å². The van der Waals surface area contributed by atoms with E-state index >= 15 is 0 Å². The topological polar surface area (TPSA) is 42.0 Å². The Morgan fingerprint density at radius 1 is 1.36 bits per heavy atom. The molecule has 1 aromatic heterocycles. The molecule has 0 bridgehead atoms. The number of aromatic nitrogens is 1. The van der Waals surface area contributed by atoms with Crippen LogP contribution in [-0.4, -0.2) is 10.9 Å². The lowest BCUT2D eigenvalue weighted by molar-refractivity contribution is -0.114. The smallest absolute Gasteiger partial charge is 0.221 e. The van der Waals surface area contributed by atoms with Crippen LogP contribution in [-0.2, 0) is 4.79 Å². The lowest BCUT2D eigenvalue weighted by Gasteiger charge is -2.05. The molecule has 1 heterocycles. The third-order valence-corrected chi connectivity index (χ3v) is 1.99. The summed E-state index contributed by atoms with van der Waals surface area (Å²) in [6.45, 7) is 1.50. The standard InChI is InChI=1S/C11H10N2O/c1-8(14)13-11-4-2-3-9-7-12-6-5-10(9)11/h2-7H,1H3,(H,13,14). The number of hydrogen-bond acceptors (Lipinski definition) is 2. The SMILES string of the molecule is CC(=O)Nc1cccc2cnccc12. The Kier molecular flexibility index (Phi) is 2.14. The Bertz CT molecular complexity index is 474. The first-order valence-corrected chi connectivity index (χ1v) is 4.38. The van der Waals surface area contributed by atoms with Gasteiger partial charge in [0.2, 0.25) is 5.91 Å². The van der Waals surface area contributed by atoms with Crippen molar-refractivity contribution in [2.24, 2.45) is 0 Å². The number of rotatable bonds is 1. The monoisotopic (exact) mass is 186 g/mol. The van der Waals surface area contributed by atoms with E-state index in [9.17, 15) is 4.79 Å². The number of nitrogens with zero attached hydrogens (tertiary/aromatic N) is 1. The van der Waals surface area contributed by atoms with Gasteiger partial charge >= 0.3 is 0 Å². The summed E-state index contributed by atoms with van der Waals surface area (Å²) in [7, 11) is 0. The lowest BCUT2D eigenvalue weighted by atomic mass is 10.1. The van der Waals surface area contributed by atoms with Gasteiger partial charge in [0.15, 0.2) is 0 Å². The second-order valence-corrected chi connectivity index (χ2v) is 3.08. The molecular formula is C11H10N2O. The zero-order valence-corrected chi connectivity index (χ0v) is 7.82. The minimum atomic E-state index is -0.0608. The molecule has 0 aliphatic rings. The van der Waals surface area contributed by atoms with Gasteiger partial charge in [-0.15, -0.1) is 0 Å². The molecule has 0 radical (unpaired) electrons. The van der Waals surface area contributed by atoms with Crippen molar-refractivity contribution in [2.45, 2.75) is 6.92 Å². The Balaban J connectivity index is 2.59. The summed E-state index contributed by atoms with van der Waals surface area (Å²) < 4.78 is 0. The molecule has 0 atom stereocenters. The number of carbonyl (C=O) groups excluding carboxylic acids is 1. The largest absolute Gasteiger partial charge is 0.326 e. The van der Waals surface area contributed by atoms with E-state index in [1.807, 2.05) is 24.3 Å². The van der Waals surface area contributed by atoms with Gasteiger partial charge in [0.05, 0.1) is 0 Å². The van der Waals surface area contributed by atoms with Crippen LogP contribution < -0.4 is 5.32 Å². The third kappa shape index (κ3) is 1.57. The zero-order chi connectivity index (χ0) is 9.97. The van der Waals surface area contributed by atoms with Gasteiger partial charge in [-0.3, -0.25) is 9.78 Å². The molecule has 0 aliphatic heterocycles. The average molecular weight is 186 g/mol. The highest BCUT2D eigenvalue weighted by Crippen LogP contribution is 2.21. The maximum atomic E-state index is 10.9. The van der Waals surface area contributed by atoms with E-state index < -0.39 is 0 Å². The van der Waals surface area contributed by atoms with Crippen molar-refractivity contribution in [1.29, 1.82) is 0 Å². The van der Waals surface area contributed by atoms with E-state index in [1.165, 1.54) is 6.92 Å². The summed E-state index contributed by atoms with van der Waals surface area (Å²) >= 11 is 0. The minimum absolute atomic E-state index is 0.0608. The van der Waals surface area contributed by atoms with Gasteiger partial charge in [0, 0.05) is 35.8 Å². The number of nitrogens with one attached hydrogen (secondary N) is 1. The van der Waals surface area contributed by atoms with Crippen LogP contribution in [0.2, 0.25) is 0 Å². The van der Waals surface area contributed by atoms with E-state index in [1.54, 1.807) is 12.4 Å². The van der Waals surface area contributed by atoms with E-state index in [-0.39, 0.29) is 5.91 Å². The molecule has 0 aliphatic carbocycles. The number of amides is 1. The summed E-state index contributed by atoms with van der Waals surface area (Å²) in [6.07, 6.45) is 3.49. The Hall–Kier alpha value is -1.90. The summed E-state index contributed by atoms with van der Waals surface area (Å²) in [6, 6.07) is 7.63. The highest BCUT2D eigenvalue weighted by atomic mass is 16.1. The molecule has 2 rings (SSSR count). The number of benzene rings is 1. The first-order valence-electron chi connectivity index (χ1n) is 4.38. The fraction of sp³-hybridized carbons (Fsp3) is 0.0909. The van der Waals surface area contributed by atoms with Gasteiger partial charge in [0.1, 0.15) is 0 Å². The molecule has 0 unspecified atom stereocenters. The normalized spacial score (nSPS) is 10.1. The van der Waals surface area contributed by atoms with Crippen LogP contribution in [0.3, 0.4) is 0 Å². The number of fused-ring (bicyclic) bond motifs is 1. The van der Waals surface area contributed by atoms with Crippen molar-refractivity contribution in [3.8, 4) is 0 Å². The molecule has 3 heteroatoms. The fourth-order valence-corrected chi connectivity index (χ4v) is 1.42. The molecule has 1 amide bonds. The van der Waals surface area contributed by atoms with E-state index in [2.05, 4.69) is 10.3 Å². The van der Waals surface area contributed by atoms with Crippen LogP contribution >= 0.6 is 0 Å². The van der Waals surface area contributed by atoms with Crippen LogP contribution in [0.5, 0.6) is 0 Å². The van der Waals surface area contributed by atoms with Crippen molar-refractivity contribution < 1.29 is 4.79 Å². The molecular weight excluding hydrogens is 176 g/mol. The summed E-state index contributed by atoms with van der Waals surface area (Å²) in [5.41, 5.74) is 0.831. The van der Waals surface area contributed by atoms with Crippen molar-refractivity contribution in [1.82, 2.24) is 4.98 Å². The second-order valence-electron chi connectivity index (χ2n) is 3.08. The first kappa shape index (κ1) is 8.69. The Morgan fingerprint density at radius 3 is 3.00 bits per heavy atom. The maximum absolute atomic E-state index is 10.9. The minimum Gasteiger partial charge on any atom is -0.326 e. The summed E-state index contributed by atoms with van der Waals surface area (Å²) in [5, 5.41) is 4.82. The van der Waals surface area contributed by atoms with Crippen molar-refractivity contribution in [2.75, 3.05) is 5.32 Å². The van der Waals surface area contributed by atoms with Gasteiger partial charge in [0.25, 0.3) is 0 Å². The molecule has 1 N–H and O–H groups in total. The van der Waals surface area contributed by atoms with Gasteiger partial charge in [-0.05, 0) is 12.1 Å². The first-order chi connectivity index (χ1) is 6.77. The van der Waals surface area contributed by atoms with Crippen LogP contribution in [0.1, 0.15) is 6.92 Å². The van der Waals surface area contributed by atoms with Crippen LogP contribution in [0.25, 0.3) is 10.8 Å². The molecule has 1 aromatic carbocycles. The highest BCUT2D eigenvalue weighted by Gasteiger charge is 2.00. The Labute approximate surface area is 81.8 Å². The van der Waals surface area contributed by atoms with E-state index in [4.69, 9.17) is 0 Å². The Morgan fingerprint density at radius 2 is 2.21 bits per heavy atom. The lowest BCUT2D eigenvalue weighted by Crippen LogP contribution is -2.05. The van der Waals surface area contributed by atoms with Gasteiger partial charge in [-0.2, -0.15) is 0 Å². The molecule has 14 heavy (non-hydrogen) atoms. The molecule has 0 spiro atoms. The molecule has 0 saturated carbocycles. The number of hydrogen-bond donors (Lipinski definition) is 1. The molecule has 3 nitrogen and oxygen atoms in total. The number of carbonyl (C=O) groups is 1. The van der Waals surface area contributed by atoms with E-state index in [0.29, 0.717) is 0 Å². The van der Waals surface area contributed by atoms with Crippen molar-refractivity contribution in [3.63, 3.8) is 0 Å². The molecule has 0 fully saturated rings. The average Bonchev–Trinajstić information content (AvgIpc) is 2.18. The summed E-state index contributed by atoms with van der Waals surface area (Å²) in [5.74, 6) is -0.0608. The van der Waals surface area contributed by atoms with Crippen LogP contribution in [0.4, 0.5) is 5.69 Å². The zero-order valence-electron chi connectivity index (χ0n) is 7.82. The molecule has 70 valence electrons. The van der Waals surface area contributed by atoms with Gasteiger partial charge in [-0.1, -0.05) is 12.1 Å². The number of anilines is 1. The number of pyridine rings is 1. The second kappa shape index (κ2) is 3.46. The van der Waals surface area contributed by atoms with Crippen LogP contribution in [0, 0.1) is 0 Å². The summed E-state index contributed by atoms with van der Waals surface area (Å²) in [4.78, 5) is 15.0. The molecule has 2 aromatic rings. The maximum Gasteiger partial charge on any atom is 0.221 e. The third-order valence-electron chi connectivity index (χ3n) is 1.99. The van der Waals surface area contributed by atoms with Gasteiger partial charge in [-0.25, -0.2) is 0 Å². The predicted octanol–water partition coefficient (Wildman–Crippen LogP) is 2.19. The highest BCUT2D eigenvalue weighted by molar-refractivity contribution is 6.00. The predicted molar refractivity (Wildman–Crippen MR) is 56.0 cm³/mol. The van der Waals surface area contributed by atoms with E-state index in [0.717, 1.165) is 16.5 Å². The van der Waals surface area contributed by atoms with Crippen molar-refractivity contribution in [3.05, 3.63) is 36.7 Å². The van der Waals surface area contributed by atoms with Crippen LogP contribution in [0.15, 0.2) is 36.7 Å².